The van der Waals surface area contributed by atoms with Crippen molar-refractivity contribution in [1.29, 1.82) is 0 Å². The molecule has 0 atom stereocenters. The number of aromatic nitrogens is 4. The molecule has 4 aromatic rings. The second-order valence-corrected chi connectivity index (χ2v) is 5.33. The summed E-state index contributed by atoms with van der Waals surface area (Å²) in [6, 6.07) is 6.98. The Hall–Kier alpha value is -3.42. The second-order valence-electron chi connectivity index (χ2n) is 5.33. The van der Waals surface area contributed by atoms with Crippen molar-refractivity contribution in [3.05, 3.63) is 47.7 Å². The Kier molecular flexibility index (Phi) is 3.16. The van der Waals surface area contributed by atoms with E-state index in [9.17, 15) is 4.79 Å². The van der Waals surface area contributed by atoms with Gasteiger partial charge in [-0.05, 0) is 38.1 Å². The summed E-state index contributed by atoms with van der Waals surface area (Å²) in [6.07, 6.45) is 1.58. The van der Waals surface area contributed by atoms with E-state index in [4.69, 9.17) is 8.83 Å². The molecule has 2 N–H and O–H groups in total. The molecule has 8 heteroatoms. The van der Waals surface area contributed by atoms with Crippen LogP contribution in [0.2, 0.25) is 0 Å². The molecule has 0 fully saturated rings. The van der Waals surface area contributed by atoms with Crippen LogP contribution in [0.25, 0.3) is 22.5 Å². The van der Waals surface area contributed by atoms with Crippen LogP contribution in [0.15, 0.2) is 39.4 Å². The Morgan fingerprint density at radius 1 is 1.17 bits per heavy atom. The van der Waals surface area contributed by atoms with Gasteiger partial charge in [-0.1, -0.05) is 5.10 Å². The van der Waals surface area contributed by atoms with Gasteiger partial charge >= 0.3 is 6.01 Å². The summed E-state index contributed by atoms with van der Waals surface area (Å²) in [4.78, 5) is 19.4. The Morgan fingerprint density at radius 3 is 2.83 bits per heavy atom. The molecule has 0 aliphatic rings. The Balaban J connectivity index is 1.57. The lowest BCUT2D eigenvalue weighted by Crippen LogP contribution is -2.12. The van der Waals surface area contributed by atoms with Crippen LogP contribution in [0.5, 0.6) is 0 Å². The summed E-state index contributed by atoms with van der Waals surface area (Å²) >= 11 is 0. The van der Waals surface area contributed by atoms with Crippen LogP contribution in [-0.2, 0) is 0 Å². The largest absolute Gasteiger partial charge is 0.466 e. The molecule has 0 saturated heterocycles. The molecule has 120 valence electrons. The molecule has 0 aliphatic heterocycles. The van der Waals surface area contributed by atoms with Crippen molar-refractivity contribution in [2.45, 2.75) is 13.8 Å². The third-order valence-corrected chi connectivity index (χ3v) is 3.60. The van der Waals surface area contributed by atoms with Crippen molar-refractivity contribution in [3.63, 3.8) is 0 Å². The number of carbonyl (C=O) groups excluding carboxylic acids is 1. The zero-order valence-electron chi connectivity index (χ0n) is 13.0. The minimum absolute atomic E-state index is 0.0259. The summed E-state index contributed by atoms with van der Waals surface area (Å²) in [5.41, 5.74) is 2.73. The van der Waals surface area contributed by atoms with Crippen LogP contribution in [0.4, 0.5) is 6.01 Å². The third kappa shape index (κ3) is 2.43. The van der Waals surface area contributed by atoms with Gasteiger partial charge in [-0.15, -0.1) is 5.10 Å². The third-order valence-electron chi connectivity index (χ3n) is 3.60. The summed E-state index contributed by atoms with van der Waals surface area (Å²) < 4.78 is 10.9. The predicted octanol–water partition coefficient (Wildman–Crippen LogP) is 3.08. The molecule has 8 nitrogen and oxygen atoms in total. The lowest BCUT2D eigenvalue weighted by Gasteiger charge is -2.00. The second kappa shape index (κ2) is 5.34. The predicted molar refractivity (Wildman–Crippen MR) is 85.5 cm³/mol. The quantitative estimate of drug-likeness (QED) is 0.599. The molecule has 1 amide bonds. The zero-order chi connectivity index (χ0) is 16.7. The lowest BCUT2D eigenvalue weighted by molar-refractivity contribution is 0.102. The van der Waals surface area contributed by atoms with Crippen LogP contribution in [0, 0.1) is 13.8 Å². The first-order chi connectivity index (χ1) is 11.6. The summed E-state index contributed by atoms with van der Waals surface area (Å²) in [5.74, 6) is 1.38. The maximum atomic E-state index is 12.3. The first kappa shape index (κ1) is 14.2. The van der Waals surface area contributed by atoms with E-state index in [2.05, 4.69) is 25.5 Å². The molecule has 0 radical (unpaired) electrons. The van der Waals surface area contributed by atoms with E-state index in [0.29, 0.717) is 22.8 Å². The van der Waals surface area contributed by atoms with Gasteiger partial charge in [0.05, 0.1) is 22.9 Å². The number of H-pyrrole nitrogens is 1. The molecule has 24 heavy (non-hydrogen) atoms. The van der Waals surface area contributed by atoms with Gasteiger partial charge < -0.3 is 13.8 Å². The van der Waals surface area contributed by atoms with E-state index in [-0.39, 0.29) is 11.9 Å². The maximum absolute atomic E-state index is 12.3. The number of aryl methyl sites for hydroxylation is 2. The van der Waals surface area contributed by atoms with Crippen molar-refractivity contribution >= 4 is 23.0 Å². The standard InChI is InChI=1S/C16H13N5O3/c1-8-5-11(9(2)23-8)15-20-21-16(24-15)19-14(22)10-3-4-12-13(6-10)18-7-17-12/h3-7H,1-2H3,(H,17,18)(H,19,21,22). The molecule has 4 rings (SSSR count). The fourth-order valence-corrected chi connectivity index (χ4v) is 2.47. The fraction of sp³-hybridized carbons (Fsp3) is 0.125. The Morgan fingerprint density at radius 2 is 2.04 bits per heavy atom. The van der Waals surface area contributed by atoms with Gasteiger partial charge in [-0.2, -0.15) is 0 Å². The highest BCUT2D eigenvalue weighted by Gasteiger charge is 2.16. The van der Waals surface area contributed by atoms with Gasteiger partial charge in [0.2, 0.25) is 0 Å². The average molecular weight is 323 g/mol. The smallest absolute Gasteiger partial charge is 0.322 e. The Bertz CT molecular complexity index is 1040. The highest BCUT2D eigenvalue weighted by atomic mass is 16.4. The summed E-state index contributed by atoms with van der Waals surface area (Å²) in [5, 5.41) is 10.4. The van der Waals surface area contributed by atoms with E-state index in [0.717, 1.165) is 16.8 Å². The minimum Gasteiger partial charge on any atom is -0.466 e. The molecule has 0 saturated carbocycles. The van der Waals surface area contributed by atoms with Crippen LogP contribution < -0.4 is 5.32 Å². The van der Waals surface area contributed by atoms with Crippen LogP contribution in [-0.4, -0.2) is 26.1 Å². The van der Waals surface area contributed by atoms with Crippen LogP contribution in [0.1, 0.15) is 21.9 Å². The van der Waals surface area contributed by atoms with Crippen molar-refractivity contribution in [2.24, 2.45) is 0 Å². The number of benzene rings is 1. The fourth-order valence-electron chi connectivity index (χ4n) is 2.47. The van der Waals surface area contributed by atoms with Crippen LogP contribution >= 0.6 is 0 Å². The number of anilines is 1. The highest BCUT2D eigenvalue weighted by Crippen LogP contribution is 2.26. The molecule has 0 aliphatic carbocycles. The number of hydrogen-bond donors (Lipinski definition) is 2. The molecule has 1 aromatic carbocycles. The number of furan rings is 1. The molecule has 0 spiro atoms. The first-order valence-corrected chi connectivity index (χ1v) is 7.25. The Labute approximate surface area is 135 Å². The van der Waals surface area contributed by atoms with Gasteiger partial charge in [0.15, 0.2) is 0 Å². The molecular formula is C16H13N5O3. The number of rotatable bonds is 3. The number of nitrogens with one attached hydrogen (secondary N) is 2. The number of nitrogens with zero attached hydrogens (tertiary/aromatic N) is 3. The topological polar surface area (TPSA) is 110 Å². The van der Waals surface area contributed by atoms with E-state index in [1.165, 1.54) is 0 Å². The van der Waals surface area contributed by atoms with Crippen molar-refractivity contribution in [1.82, 2.24) is 20.2 Å². The monoisotopic (exact) mass is 323 g/mol. The molecule has 3 heterocycles. The summed E-state index contributed by atoms with van der Waals surface area (Å²) in [7, 11) is 0. The lowest BCUT2D eigenvalue weighted by atomic mass is 10.2. The van der Waals surface area contributed by atoms with Gasteiger partial charge in [0.25, 0.3) is 11.8 Å². The number of fused-ring (bicyclic) bond motifs is 1. The molecule has 0 unspecified atom stereocenters. The molecule has 0 bridgehead atoms. The molecular weight excluding hydrogens is 310 g/mol. The van der Waals surface area contributed by atoms with Crippen molar-refractivity contribution < 1.29 is 13.6 Å². The van der Waals surface area contributed by atoms with E-state index < -0.39 is 0 Å². The molecule has 3 aromatic heterocycles. The minimum atomic E-state index is -0.346. The normalized spacial score (nSPS) is 11.1. The van der Waals surface area contributed by atoms with Crippen molar-refractivity contribution in [2.75, 3.05) is 5.32 Å². The number of carbonyl (C=O) groups is 1. The maximum Gasteiger partial charge on any atom is 0.322 e. The highest BCUT2D eigenvalue weighted by molar-refractivity contribution is 6.04. The first-order valence-electron chi connectivity index (χ1n) is 7.25. The van der Waals surface area contributed by atoms with Gasteiger partial charge in [0, 0.05) is 5.56 Å². The number of aromatic amines is 1. The van der Waals surface area contributed by atoms with E-state index in [1.54, 1.807) is 30.6 Å². The number of imidazole rings is 1. The van der Waals surface area contributed by atoms with Crippen molar-refractivity contribution in [3.8, 4) is 11.5 Å². The van der Waals surface area contributed by atoms with Crippen LogP contribution in [0.3, 0.4) is 0 Å². The SMILES string of the molecule is Cc1cc(-c2nnc(NC(=O)c3ccc4nc[nH]c4c3)o2)c(C)o1. The number of amides is 1. The average Bonchev–Trinajstić information content (AvgIpc) is 3.26. The summed E-state index contributed by atoms with van der Waals surface area (Å²) in [6.45, 7) is 3.64. The van der Waals surface area contributed by atoms with Gasteiger partial charge in [-0.3, -0.25) is 10.1 Å². The number of hydrogen-bond acceptors (Lipinski definition) is 6. The van der Waals surface area contributed by atoms with E-state index in [1.807, 2.05) is 13.8 Å². The van der Waals surface area contributed by atoms with E-state index >= 15 is 0 Å². The zero-order valence-corrected chi connectivity index (χ0v) is 13.0. The van der Waals surface area contributed by atoms with Gasteiger partial charge in [0.1, 0.15) is 11.5 Å². The van der Waals surface area contributed by atoms with Gasteiger partial charge in [-0.25, -0.2) is 4.98 Å².